The third kappa shape index (κ3) is 2.94. The van der Waals surface area contributed by atoms with E-state index in [-0.39, 0.29) is 5.78 Å². The highest BCUT2D eigenvalue weighted by Crippen LogP contribution is 2.30. The molecule has 2 nitrogen and oxygen atoms in total. The largest absolute Gasteiger partial charge is 0.298 e. The molecule has 0 heterocycles. The van der Waals surface area contributed by atoms with E-state index in [1.807, 2.05) is 30.3 Å². The van der Waals surface area contributed by atoms with E-state index in [1.165, 1.54) is 6.92 Å². The smallest absolute Gasteiger partial charge is 0.154 e. The molecule has 0 fully saturated rings. The van der Waals surface area contributed by atoms with Gasteiger partial charge < -0.3 is 0 Å². The standard InChI is InChI=1S/C15H19NO/c1-3-4-8-11-15(12-16,13(2)17)14-9-6-5-7-10-14/h5-7,9-10H,3-4,8,11H2,1-2H3. The molecule has 0 radical (unpaired) electrons. The number of hydrogen-bond donors (Lipinski definition) is 0. The fourth-order valence-electron chi connectivity index (χ4n) is 2.09. The second-order valence-corrected chi connectivity index (χ2v) is 4.40. The summed E-state index contributed by atoms with van der Waals surface area (Å²) in [5.41, 5.74) is -0.123. The molecule has 90 valence electrons. The predicted molar refractivity (Wildman–Crippen MR) is 68.6 cm³/mol. The lowest BCUT2D eigenvalue weighted by Gasteiger charge is -2.24. The molecule has 2 heteroatoms. The summed E-state index contributed by atoms with van der Waals surface area (Å²) in [6, 6.07) is 11.6. The summed E-state index contributed by atoms with van der Waals surface area (Å²) >= 11 is 0. The molecule has 1 rings (SSSR count). The molecular weight excluding hydrogens is 210 g/mol. The lowest BCUT2D eigenvalue weighted by Crippen LogP contribution is -2.32. The SMILES string of the molecule is CCCCCC(C#N)(C(C)=O)c1ccccc1. The molecule has 0 aromatic heterocycles. The lowest BCUT2D eigenvalue weighted by molar-refractivity contribution is -0.120. The molecule has 1 unspecified atom stereocenters. The Morgan fingerprint density at radius 3 is 2.41 bits per heavy atom. The van der Waals surface area contributed by atoms with E-state index in [0.717, 1.165) is 24.8 Å². The molecule has 1 aromatic rings. The summed E-state index contributed by atoms with van der Waals surface area (Å²) in [7, 11) is 0. The zero-order valence-corrected chi connectivity index (χ0v) is 10.6. The number of ketones is 1. The van der Waals surface area contributed by atoms with Gasteiger partial charge in [-0.2, -0.15) is 5.26 Å². The van der Waals surface area contributed by atoms with Gasteiger partial charge in [0.05, 0.1) is 6.07 Å². The first-order valence-corrected chi connectivity index (χ1v) is 6.15. The predicted octanol–water partition coefficient (Wildman–Crippen LogP) is 3.62. The van der Waals surface area contributed by atoms with Crippen molar-refractivity contribution in [2.24, 2.45) is 0 Å². The number of hydrogen-bond acceptors (Lipinski definition) is 2. The van der Waals surface area contributed by atoms with Crippen molar-refractivity contribution in [1.29, 1.82) is 5.26 Å². The van der Waals surface area contributed by atoms with Crippen LogP contribution in [0.25, 0.3) is 0 Å². The van der Waals surface area contributed by atoms with E-state index >= 15 is 0 Å². The Bertz CT molecular complexity index is 405. The molecule has 1 aromatic carbocycles. The van der Waals surface area contributed by atoms with E-state index in [2.05, 4.69) is 13.0 Å². The Kier molecular flexibility index (Phi) is 4.90. The Hall–Kier alpha value is -1.62. The maximum atomic E-state index is 11.9. The Balaban J connectivity index is 3.02. The minimum absolute atomic E-state index is 0.0534. The van der Waals surface area contributed by atoms with Gasteiger partial charge in [0.25, 0.3) is 0 Å². The molecule has 0 aliphatic carbocycles. The van der Waals surface area contributed by atoms with Crippen LogP contribution in [0.1, 0.15) is 45.1 Å². The Morgan fingerprint density at radius 2 is 1.94 bits per heavy atom. The maximum absolute atomic E-state index is 11.9. The van der Waals surface area contributed by atoms with Crippen molar-refractivity contribution in [1.82, 2.24) is 0 Å². The number of unbranched alkanes of at least 4 members (excludes halogenated alkanes) is 2. The molecule has 1 atom stereocenters. The van der Waals surface area contributed by atoms with Crippen molar-refractivity contribution in [3.8, 4) is 6.07 Å². The van der Waals surface area contributed by atoms with Gasteiger partial charge in [-0.25, -0.2) is 0 Å². The van der Waals surface area contributed by atoms with Crippen molar-refractivity contribution in [2.45, 2.75) is 44.9 Å². The molecule has 0 N–H and O–H groups in total. The molecule has 0 saturated heterocycles. The molecular formula is C15H19NO. The van der Waals surface area contributed by atoms with Gasteiger partial charge in [0.15, 0.2) is 5.78 Å². The molecule has 0 aliphatic rings. The van der Waals surface area contributed by atoms with E-state index < -0.39 is 5.41 Å². The van der Waals surface area contributed by atoms with E-state index in [4.69, 9.17) is 0 Å². The number of carbonyl (C=O) groups excluding carboxylic acids is 1. The number of rotatable bonds is 6. The third-order valence-corrected chi connectivity index (χ3v) is 3.21. The van der Waals surface area contributed by atoms with Crippen LogP contribution in [0.5, 0.6) is 0 Å². The molecule has 0 spiro atoms. The number of carbonyl (C=O) groups is 1. The third-order valence-electron chi connectivity index (χ3n) is 3.21. The second-order valence-electron chi connectivity index (χ2n) is 4.40. The molecule has 0 saturated carbocycles. The van der Waals surface area contributed by atoms with Gasteiger partial charge in [-0.3, -0.25) is 4.79 Å². The van der Waals surface area contributed by atoms with Crippen LogP contribution >= 0.6 is 0 Å². The van der Waals surface area contributed by atoms with Crippen molar-refractivity contribution in [2.75, 3.05) is 0 Å². The number of nitrogens with zero attached hydrogens (tertiary/aromatic N) is 1. The van der Waals surface area contributed by atoms with Crippen LogP contribution in [0.2, 0.25) is 0 Å². The second kappa shape index (κ2) is 6.20. The van der Waals surface area contributed by atoms with Gasteiger partial charge in [-0.1, -0.05) is 56.5 Å². The quantitative estimate of drug-likeness (QED) is 0.699. The number of benzene rings is 1. The van der Waals surface area contributed by atoms with E-state index in [9.17, 15) is 10.1 Å². The zero-order valence-electron chi connectivity index (χ0n) is 10.6. The van der Waals surface area contributed by atoms with Crippen LogP contribution in [0.15, 0.2) is 30.3 Å². The van der Waals surface area contributed by atoms with Gasteiger partial charge in [-0.05, 0) is 18.9 Å². The topological polar surface area (TPSA) is 40.9 Å². The summed E-state index contributed by atoms with van der Waals surface area (Å²) in [5, 5.41) is 9.43. The fraction of sp³-hybridized carbons (Fsp3) is 0.467. The van der Waals surface area contributed by atoms with Gasteiger partial charge in [0.2, 0.25) is 0 Å². The minimum Gasteiger partial charge on any atom is -0.298 e. The molecule has 0 aliphatic heterocycles. The highest BCUT2D eigenvalue weighted by Gasteiger charge is 2.36. The number of nitriles is 1. The molecule has 0 amide bonds. The first-order valence-electron chi connectivity index (χ1n) is 6.15. The van der Waals surface area contributed by atoms with Gasteiger partial charge >= 0.3 is 0 Å². The summed E-state index contributed by atoms with van der Waals surface area (Å²) in [4.78, 5) is 11.9. The monoisotopic (exact) mass is 229 g/mol. The average Bonchev–Trinajstić information content (AvgIpc) is 2.36. The lowest BCUT2D eigenvalue weighted by atomic mass is 9.74. The van der Waals surface area contributed by atoms with Crippen LogP contribution < -0.4 is 0 Å². The van der Waals surface area contributed by atoms with Crippen molar-refractivity contribution >= 4 is 5.78 Å². The van der Waals surface area contributed by atoms with Gasteiger partial charge in [0, 0.05) is 0 Å². The van der Waals surface area contributed by atoms with Crippen LogP contribution in [-0.4, -0.2) is 5.78 Å². The van der Waals surface area contributed by atoms with E-state index in [0.29, 0.717) is 6.42 Å². The fourth-order valence-corrected chi connectivity index (χ4v) is 2.09. The first-order chi connectivity index (χ1) is 8.17. The van der Waals surface area contributed by atoms with Crippen LogP contribution in [0.4, 0.5) is 0 Å². The maximum Gasteiger partial charge on any atom is 0.154 e. The highest BCUT2D eigenvalue weighted by molar-refractivity contribution is 5.91. The van der Waals surface area contributed by atoms with Crippen molar-refractivity contribution in [3.05, 3.63) is 35.9 Å². The Labute approximate surface area is 103 Å². The normalized spacial score (nSPS) is 13.7. The van der Waals surface area contributed by atoms with Crippen molar-refractivity contribution in [3.63, 3.8) is 0 Å². The van der Waals surface area contributed by atoms with Crippen LogP contribution in [-0.2, 0) is 10.2 Å². The van der Waals surface area contributed by atoms with Crippen LogP contribution in [0.3, 0.4) is 0 Å². The van der Waals surface area contributed by atoms with E-state index in [1.54, 1.807) is 0 Å². The van der Waals surface area contributed by atoms with Crippen LogP contribution in [0, 0.1) is 11.3 Å². The summed E-state index contributed by atoms with van der Waals surface area (Å²) in [6.45, 7) is 3.63. The van der Waals surface area contributed by atoms with Gasteiger partial charge in [-0.15, -0.1) is 0 Å². The number of Topliss-reactive ketones (excluding diaryl/α,β-unsaturated/α-hetero) is 1. The average molecular weight is 229 g/mol. The molecule has 17 heavy (non-hydrogen) atoms. The summed E-state index contributed by atoms with van der Waals surface area (Å²) in [6.07, 6.45) is 3.69. The summed E-state index contributed by atoms with van der Waals surface area (Å²) in [5.74, 6) is -0.0534. The first kappa shape index (κ1) is 13.4. The van der Waals surface area contributed by atoms with Gasteiger partial charge in [0.1, 0.15) is 5.41 Å². The minimum atomic E-state index is -0.948. The Morgan fingerprint density at radius 1 is 1.29 bits per heavy atom. The highest BCUT2D eigenvalue weighted by atomic mass is 16.1. The van der Waals surface area contributed by atoms with Crippen molar-refractivity contribution < 1.29 is 4.79 Å². The zero-order chi connectivity index (χ0) is 12.7. The molecule has 0 bridgehead atoms. The summed E-state index contributed by atoms with van der Waals surface area (Å²) < 4.78 is 0.